The van der Waals surface area contributed by atoms with Crippen molar-refractivity contribution in [1.82, 2.24) is 30.1 Å². The molecule has 4 rings (SSSR count). The molecule has 0 spiro atoms. The van der Waals surface area contributed by atoms with Crippen LogP contribution in [0.1, 0.15) is 24.8 Å². The maximum absolute atomic E-state index is 12.6. The first-order valence-corrected chi connectivity index (χ1v) is 13.2. The molecule has 35 heavy (non-hydrogen) atoms. The van der Waals surface area contributed by atoms with Gasteiger partial charge in [-0.05, 0) is 59.5 Å². The number of thioether (sulfide) groups is 2. The number of amides is 1. The highest BCUT2D eigenvalue weighted by atomic mass is 32.2. The summed E-state index contributed by atoms with van der Waals surface area (Å²) in [5.41, 5.74) is 1.18. The summed E-state index contributed by atoms with van der Waals surface area (Å²) in [7, 11) is 0. The average molecular weight is 515 g/mol. The van der Waals surface area contributed by atoms with Gasteiger partial charge < -0.3 is 14.7 Å². The van der Waals surface area contributed by atoms with Crippen molar-refractivity contribution in [2.45, 2.75) is 47.7 Å². The molecule has 0 atom stereocenters. The van der Waals surface area contributed by atoms with Gasteiger partial charge in [-0.15, -0.1) is 16.9 Å². The van der Waals surface area contributed by atoms with Crippen LogP contribution in [0.25, 0.3) is 0 Å². The van der Waals surface area contributed by atoms with Crippen LogP contribution in [-0.4, -0.2) is 71.4 Å². The highest BCUT2D eigenvalue weighted by molar-refractivity contribution is 7.99. The van der Waals surface area contributed by atoms with Gasteiger partial charge in [0.25, 0.3) is 0 Å². The monoisotopic (exact) mass is 514 g/mol. The summed E-state index contributed by atoms with van der Waals surface area (Å²) in [5, 5.41) is 22.2. The van der Waals surface area contributed by atoms with Crippen LogP contribution in [0.5, 0.6) is 5.75 Å². The topological polar surface area (TPSA) is 123 Å². The molecule has 10 nitrogen and oxygen atoms in total. The molecule has 3 aromatic rings. The van der Waals surface area contributed by atoms with Crippen LogP contribution in [-0.2, 0) is 17.8 Å². The Balaban J connectivity index is 1.18. The fourth-order valence-electron chi connectivity index (χ4n) is 3.52. The number of rotatable bonds is 10. The van der Waals surface area contributed by atoms with Gasteiger partial charge in [0.15, 0.2) is 0 Å². The molecule has 0 unspecified atom stereocenters. The number of pyridine rings is 1. The molecule has 0 saturated carbocycles. The number of nitrogens with zero attached hydrogens (tertiary/aromatic N) is 6. The largest absolute Gasteiger partial charge is 0.481 e. The first-order chi connectivity index (χ1) is 17.1. The SMILES string of the molecule is O=C(O)CCn1nnnc1SC1CCN(C(=O)Oc2ccc(CCSc3ccccn3)cc2)CC1. The zero-order valence-electron chi connectivity index (χ0n) is 19.0. The van der Waals surface area contributed by atoms with Crippen LogP contribution in [0, 0.1) is 0 Å². The number of hydrogen-bond donors (Lipinski definition) is 1. The first kappa shape index (κ1) is 25.0. The van der Waals surface area contributed by atoms with E-state index in [1.165, 1.54) is 22.0 Å². The highest BCUT2D eigenvalue weighted by Crippen LogP contribution is 2.29. The number of likely N-dealkylation sites (tertiary alicyclic amines) is 1. The summed E-state index contributed by atoms with van der Waals surface area (Å²) in [5.74, 6) is 0.567. The predicted molar refractivity (Wildman–Crippen MR) is 132 cm³/mol. The van der Waals surface area contributed by atoms with E-state index in [2.05, 4.69) is 20.5 Å². The number of aliphatic carboxylic acids is 1. The van der Waals surface area contributed by atoms with E-state index in [-0.39, 0.29) is 24.3 Å². The maximum atomic E-state index is 12.6. The van der Waals surface area contributed by atoms with Gasteiger partial charge in [-0.3, -0.25) is 4.79 Å². The lowest BCUT2D eigenvalue weighted by atomic mass is 10.1. The molecular weight excluding hydrogens is 488 g/mol. The van der Waals surface area contributed by atoms with Crippen LogP contribution < -0.4 is 4.74 Å². The molecule has 1 aromatic carbocycles. The Labute approximate surface area is 211 Å². The number of aromatic nitrogens is 5. The molecule has 0 bridgehead atoms. The van der Waals surface area contributed by atoms with Gasteiger partial charge in [0.1, 0.15) is 5.75 Å². The van der Waals surface area contributed by atoms with E-state index >= 15 is 0 Å². The Hall–Kier alpha value is -3.12. The number of hydrogen-bond acceptors (Lipinski definition) is 9. The van der Waals surface area contributed by atoms with Crippen molar-refractivity contribution in [2.24, 2.45) is 0 Å². The number of aryl methyl sites for hydroxylation is 2. The van der Waals surface area contributed by atoms with Crippen molar-refractivity contribution in [2.75, 3.05) is 18.8 Å². The molecule has 2 aromatic heterocycles. The van der Waals surface area contributed by atoms with Gasteiger partial charge in [-0.25, -0.2) is 14.5 Å². The van der Waals surface area contributed by atoms with Crippen molar-refractivity contribution in [3.63, 3.8) is 0 Å². The van der Waals surface area contributed by atoms with Crippen molar-refractivity contribution in [3.8, 4) is 5.75 Å². The molecule has 3 heterocycles. The fourth-order valence-corrected chi connectivity index (χ4v) is 5.46. The van der Waals surface area contributed by atoms with Gasteiger partial charge in [0, 0.05) is 30.3 Å². The van der Waals surface area contributed by atoms with E-state index in [1.54, 1.807) is 22.9 Å². The second-order valence-corrected chi connectivity index (χ2v) is 10.3. The Bertz CT molecular complexity index is 1100. The smallest absolute Gasteiger partial charge is 0.415 e. The van der Waals surface area contributed by atoms with Crippen LogP contribution in [0.3, 0.4) is 0 Å². The number of carboxylic acids is 1. The van der Waals surface area contributed by atoms with Gasteiger partial charge in [-0.2, -0.15) is 0 Å². The molecule has 1 N–H and O–H groups in total. The summed E-state index contributed by atoms with van der Waals surface area (Å²) in [6.07, 6.45) is 3.87. The third-order valence-corrected chi connectivity index (χ3v) is 7.67. The highest BCUT2D eigenvalue weighted by Gasteiger charge is 2.26. The molecule has 0 radical (unpaired) electrons. The molecule has 1 aliphatic rings. The third-order valence-electron chi connectivity index (χ3n) is 5.42. The van der Waals surface area contributed by atoms with Crippen molar-refractivity contribution in [1.29, 1.82) is 0 Å². The number of benzene rings is 1. The summed E-state index contributed by atoms with van der Waals surface area (Å²) in [4.78, 5) is 29.4. The fraction of sp³-hybridized carbons (Fsp3) is 0.391. The van der Waals surface area contributed by atoms with Crippen LogP contribution >= 0.6 is 23.5 Å². The molecule has 1 amide bonds. The quantitative estimate of drug-likeness (QED) is 0.401. The maximum Gasteiger partial charge on any atom is 0.415 e. The molecule has 184 valence electrons. The minimum absolute atomic E-state index is 0.0337. The number of piperidine rings is 1. The lowest BCUT2D eigenvalue weighted by Gasteiger charge is -2.30. The Kier molecular flexibility index (Phi) is 8.96. The van der Waals surface area contributed by atoms with Crippen LogP contribution in [0.2, 0.25) is 0 Å². The van der Waals surface area contributed by atoms with Gasteiger partial charge in [0.2, 0.25) is 5.16 Å². The Morgan fingerprint density at radius 2 is 1.91 bits per heavy atom. The molecule has 12 heteroatoms. The van der Waals surface area contributed by atoms with E-state index < -0.39 is 5.97 Å². The number of ether oxygens (including phenoxy) is 1. The van der Waals surface area contributed by atoms with E-state index in [1.807, 2.05) is 42.5 Å². The zero-order valence-corrected chi connectivity index (χ0v) is 20.7. The third kappa shape index (κ3) is 7.69. The average Bonchev–Trinajstić information content (AvgIpc) is 3.31. The summed E-state index contributed by atoms with van der Waals surface area (Å²) < 4.78 is 7.08. The molecular formula is C23H26N6O4S2. The van der Waals surface area contributed by atoms with Crippen LogP contribution in [0.15, 0.2) is 58.8 Å². The number of carbonyl (C=O) groups is 2. The van der Waals surface area contributed by atoms with Gasteiger partial charge in [-0.1, -0.05) is 30.0 Å². The summed E-state index contributed by atoms with van der Waals surface area (Å²) in [6, 6.07) is 13.5. The second-order valence-electron chi connectivity index (χ2n) is 7.91. The Morgan fingerprint density at radius 3 is 2.63 bits per heavy atom. The Morgan fingerprint density at radius 1 is 1.11 bits per heavy atom. The number of carbonyl (C=O) groups excluding carboxylic acids is 1. The van der Waals surface area contributed by atoms with E-state index in [9.17, 15) is 9.59 Å². The van der Waals surface area contributed by atoms with Crippen molar-refractivity contribution >= 4 is 35.6 Å². The van der Waals surface area contributed by atoms with Crippen molar-refractivity contribution < 1.29 is 19.4 Å². The predicted octanol–water partition coefficient (Wildman–Crippen LogP) is 3.63. The van der Waals surface area contributed by atoms with Crippen molar-refractivity contribution in [3.05, 3.63) is 54.2 Å². The first-order valence-electron chi connectivity index (χ1n) is 11.3. The summed E-state index contributed by atoms with van der Waals surface area (Å²) in [6.45, 7) is 1.39. The molecule has 0 aliphatic carbocycles. The molecule has 1 aliphatic heterocycles. The van der Waals surface area contributed by atoms with Gasteiger partial charge >= 0.3 is 12.1 Å². The minimum Gasteiger partial charge on any atom is -0.481 e. The van der Waals surface area contributed by atoms with E-state index in [4.69, 9.17) is 9.84 Å². The standard InChI is InChI=1S/C23H26N6O4S2/c30-21(31)10-15-29-22(25-26-27-29)35-19-8-13-28(14-9-19)23(32)33-18-6-4-17(5-7-18)11-16-34-20-3-1-2-12-24-20/h1-7,12,19H,8-11,13-16H2,(H,30,31). The van der Waals surface area contributed by atoms with Crippen LogP contribution in [0.4, 0.5) is 4.79 Å². The number of tetrazole rings is 1. The lowest BCUT2D eigenvalue weighted by Crippen LogP contribution is -2.41. The second kappa shape index (κ2) is 12.5. The summed E-state index contributed by atoms with van der Waals surface area (Å²) >= 11 is 3.24. The van der Waals surface area contributed by atoms with E-state index in [0.717, 1.165) is 30.0 Å². The minimum atomic E-state index is -0.891. The lowest BCUT2D eigenvalue weighted by molar-refractivity contribution is -0.137. The van der Waals surface area contributed by atoms with E-state index in [0.29, 0.717) is 24.0 Å². The normalized spacial score (nSPS) is 14.1. The van der Waals surface area contributed by atoms with Gasteiger partial charge in [0.05, 0.1) is 18.0 Å². The molecule has 1 fully saturated rings. The zero-order chi connectivity index (χ0) is 24.5. The molecule has 1 saturated heterocycles. The number of carboxylic acid groups (broad SMARTS) is 1.